The molecule has 2 aromatic heterocycles. The molecule has 138 valence electrons. The highest BCUT2D eigenvalue weighted by atomic mass is 32.1. The number of hydrogen-bond acceptors (Lipinski definition) is 4. The molecule has 0 fully saturated rings. The zero-order valence-corrected chi connectivity index (χ0v) is 16.0. The van der Waals surface area contributed by atoms with Gasteiger partial charge >= 0.3 is 5.97 Å². The van der Waals surface area contributed by atoms with Crippen molar-refractivity contribution in [1.82, 2.24) is 4.98 Å². The maximum Gasteiger partial charge on any atom is 0.336 e. The van der Waals surface area contributed by atoms with Gasteiger partial charge < -0.3 is 9.84 Å². The molecule has 0 spiro atoms. The summed E-state index contributed by atoms with van der Waals surface area (Å²) in [5, 5.41) is 9.35. The van der Waals surface area contributed by atoms with Crippen LogP contribution in [0, 0.1) is 6.92 Å². The van der Waals surface area contributed by atoms with E-state index in [1.165, 1.54) is 27.1 Å². The molecule has 0 saturated heterocycles. The Labute approximate surface area is 162 Å². The van der Waals surface area contributed by atoms with E-state index < -0.39 is 5.97 Å². The average Bonchev–Trinajstić information content (AvgIpc) is 3.12. The molecular weight excluding hydrogens is 358 g/mol. The normalized spacial score (nSPS) is 15.8. The number of aromatic carboxylic acids is 1. The van der Waals surface area contributed by atoms with Crippen molar-refractivity contribution in [3.05, 3.63) is 70.4 Å². The van der Waals surface area contributed by atoms with Crippen molar-refractivity contribution in [1.29, 1.82) is 0 Å². The van der Waals surface area contributed by atoms with Crippen LogP contribution in [0.25, 0.3) is 10.4 Å². The van der Waals surface area contributed by atoms with E-state index in [1.807, 2.05) is 0 Å². The first-order chi connectivity index (χ1) is 13.1. The fourth-order valence-corrected chi connectivity index (χ4v) is 4.53. The van der Waals surface area contributed by atoms with Crippen LogP contribution in [0.5, 0.6) is 5.75 Å². The smallest absolute Gasteiger partial charge is 0.336 e. The molecular formula is C22H21NO3S. The first-order valence-electron chi connectivity index (χ1n) is 9.11. The molecule has 3 aromatic rings. The molecule has 1 aliphatic heterocycles. The summed E-state index contributed by atoms with van der Waals surface area (Å²) in [6.07, 6.45) is 5.74. The van der Waals surface area contributed by atoms with Gasteiger partial charge in [0.25, 0.3) is 0 Å². The van der Waals surface area contributed by atoms with E-state index in [0.29, 0.717) is 24.5 Å². The van der Waals surface area contributed by atoms with Crippen LogP contribution in [-0.2, 0) is 6.42 Å². The highest BCUT2D eigenvalue weighted by Gasteiger charge is 2.23. The summed E-state index contributed by atoms with van der Waals surface area (Å²) in [6, 6.07) is 12.3. The summed E-state index contributed by atoms with van der Waals surface area (Å²) in [6.45, 7) is 2.81. The minimum Gasteiger partial charge on any atom is -0.493 e. The number of benzene rings is 1. The zero-order chi connectivity index (χ0) is 18.8. The van der Waals surface area contributed by atoms with E-state index in [2.05, 4.69) is 42.2 Å². The Morgan fingerprint density at radius 1 is 1.30 bits per heavy atom. The molecule has 0 saturated carbocycles. The molecule has 5 heteroatoms. The fourth-order valence-electron chi connectivity index (χ4n) is 3.67. The van der Waals surface area contributed by atoms with Crippen molar-refractivity contribution >= 4 is 17.3 Å². The van der Waals surface area contributed by atoms with Crippen LogP contribution in [0.3, 0.4) is 0 Å². The molecule has 0 bridgehead atoms. The van der Waals surface area contributed by atoms with Crippen molar-refractivity contribution in [2.24, 2.45) is 0 Å². The minimum atomic E-state index is -0.893. The number of fused-ring (bicyclic) bond motifs is 1. The molecule has 0 unspecified atom stereocenters. The van der Waals surface area contributed by atoms with Crippen LogP contribution >= 0.6 is 11.3 Å². The Hall–Kier alpha value is -2.66. The van der Waals surface area contributed by atoms with Gasteiger partial charge in [-0.3, -0.25) is 4.98 Å². The molecule has 1 aliphatic rings. The second kappa shape index (κ2) is 7.53. The molecule has 4 rings (SSSR count). The van der Waals surface area contributed by atoms with Crippen LogP contribution in [0.1, 0.15) is 45.1 Å². The standard InChI is InChI=1S/C22H21NO3S/c1-14-2-7-21(27-14)16-5-6-18-15(9-11-26-20(18)12-16)3-4-17-13-23-10-8-19(17)22(24)25/h2,5-8,10,12-13,15H,3-4,9,11H2,1H3,(H,24,25)/t15-/m0/s1. The number of carbonyl (C=O) groups is 1. The largest absolute Gasteiger partial charge is 0.493 e. The Morgan fingerprint density at radius 2 is 2.19 bits per heavy atom. The van der Waals surface area contributed by atoms with E-state index in [1.54, 1.807) is 23.6 Å². The van der Waals surface area contributed by atoms with Crippen molar-refractivity contribution in [2.75, 3.05) is 6.61 Å². The molecule has 4 nitrogen and oxygen atoms in total. The second-order valence-corrected chi connectivity index (χ2v) is 8.16. The third-order valence-corrected chi connectivity index (χ3v) is 6.15. The summed E-state index contributed by atoms with van der Waals surface area (Å²) in [4.78, 5) is 18.0. The molecule has 1 aromatic carbocycles. The van der Waals surface area contributed by atoms with Gasteiger partial charge in [-0.15, -0.1) is 11.3 Å². The van der Waals surface area contributed by atoms with Gasteiger partial charge in [0, 0.05) is 22.1 Å². The summed E-state index contributed by atoms with van der Waals surface area (Å²) >= 11 is 1.79. The third-order valence-electron chi connectivity index (χ3n) is 5.10. The quantitative estimate of drug-likeness (QED) is 0.652. The van der Waals surface area contributed by atoms with E-state index in [-0.39, 0.29) is 0 Å². The molecule has 0 aliphatic carbocycles. The van der Waals surface area contributed by atoms with Crippen molar-refractivity contribution in [3.8, 4) is 16.2 Å². The van der Waals surface area contributed by atoms with Gasteiger partial charge in [-0.05, 0) is 73.1 Å². The summed E-state index contributed by atoms with van der Waals surface area (Å²) in [7, 11) is 0. The number of hydrogen-bond donors (Lipinski definition) is 1. The topological polar surface area (TPSA) is 59.4 Å². The van der Waals surface area contributed by atoms with E-state index in [9.17, 15) is 9.90 Å². The van der Waals surface area contributed by atoms with E-state index >= 15 is 0 Å². The average molecular weight is 379 g/mol. The number of nitrogens with zero attached hydrogens (tertiary/aromatic N) is 1. The molecule has 1 atom stereocenters. The molecule has 0 amide bonds. The SMILES string of the molecule is Cc1ccc(-c2ccc3c(c2)OCC[C@@H]3CCc2cnccc2C(=O)O)s1. The Bertz CT molecular complexity index is 979. The molecule has 27 heavy (non-hydrogen) atoms. The number of aryl methyl sites for hydroxylation is 2. The van der Waals surface area contributed by atoms with E-state index in [0.717, 1.165) is 24.2 Å². The molecule has 0 radical (unpaired) electrons. The van der Waals surface area contributed by atoms with Crippen LogP contribution in [-0.4, -0.2) is 22.7 Å². The maximum absolute atomic E-state index is 11.4. The van der Waals surface area contributed by atoms with Gasteiger partial charge in [0.1, 0.15) is 5.75 Å². The Kier molecular flexibility index (Phi) is 4.94. The van der Waals surface area contributed by atoms with Crippen LogP contribution in [0.4, 0.5) is 0 Å². The van der Waals surface area contributed by atoms with Crippen molar-refractivity contribution < 1.29 is 14.6 Å². The highest BCUT2D eigenvalue weighted by molar-refractivity contribution is 7.15. The minimum absolute atomic E-state index is 0.348. The van der Waals surface area contributed by atoms with Gasteiger partial charge in [0.15, 0.2) is 0 Å². The number of aromatic nitrogens is 1. The Balaban J connectivity index is 1.54. The third kappa shape index (κ3) is 3.74. The summed E-state index contributed by atoms with van der Waals surface area (Å²) < 4.78 is 5.93. The zero-order valence-electron chi connectivity index (χ0n) is 15.1. The predicted octanol–water partition coefficient (Wildman–Crippen LogP) is 5.32. The fraction of sp³-hybridized carbons (Fsp3) is 0.273. The number of ether oxygens (including phenoxy) is 1. The van der Waals surface area contributed by atoms with E-state index in [4.69, 9.17) is 4.74 Å². The number of pyridine rings is 1. The highest BCUT2D eigenvalue weighted by Crippen LogP contribution is 2.40. The second-order valence-electron chi connectivity index (χ2n) is 6.87. The lowest BCUT2D eigenvalue weighted by Crippen LogP contribution is -2.15. The molecule has 3 heterocycles. The first-order valence-corrected chi connectivity index (χ1v) is 9.93. The van der Waals surface area contributed by atoms with Gasteiger partial charge in [0.05, 0.1) is 12.2 Å². The van der Waals surface area contributed by atoms with Crippen molar-refractivity contribution in [3.63, 3.8) is 0 Å². The first kappa shape index (κ1) is 17.7. The van der Waals surface area contributed by atoms with Gasteiger partial charge in [0.2, 0.25) is 0 Å². The summed E-state index contributed by atoms with van der Waals surface area (Å²) in [5.74, 6) is 0.435. The summed E-state index contributed by atoms with van der Waals surface area (Å²) in [5.41, 5.74) is 3.55. The maximum atomic E-state index is 11.4. The number of carboxylic acid groups (broad SMARTS) is 1. The number of carboxylic acids is 1. The predicted molar refractivity (Wildman–Crippen MR) is 107 cm³/mol. The molecule has 1 N–H and O–H groups in total. The van der Waals surface area contributed by atoms with Gasteiger partial charge in [-0.25, -0.2) is 4.79 Å². The lowest BCUT2D eigenvalue weighted by atomic mass is 9.87. The van der Waals surface area contributed by atoms with Crippen LogP contribution in [0.15, 0.2) is 48.8 Å². The van der Waals surface area contributed by atoms with Crippen LogP contribution < -0.4 is 4.74 Å². The van der Waals surface area contributed by atoms with Crippen LogP contribution in [0.2, 0.25) is 0 Å². The van der Waals surface area contributed by atoms with Gasteiger partial charge in [-0.1, -0.05) is 12.1 Å². The van der Waals surface area contributed by atoms with Crippen molar-refractivity contribution in [2.45, 2.75) is 32.1 Å². The number of rotatable bonds is 5. The monoisotopic (exact) mass is 379 g/mol. The lowest BCUT2D eigenvalue weighted by Gasteiger charge is -2.26. The lowest BCUT2D eigenvalue weighted by molar-refractivity contribution is 0.0695. The van der Waals surface area contributed by atoms with Gasteiger partial charge in [-0.2, -0.15) is 0 Å². The number of thiophene rings is 1. The Morgan fingerprint density at radius 3 is 2.96 bits per heavy atom.